The van der Waals surface area contributed by atoms with Crippen LogP contribution in [-0.4, -0.2) is 18.1 Å². The average Bonchev–Trinajstić information content (AvgIpc) is 2.16. The van der Waals surface area contributed by atoms with Crippen LogP contribution in [0.25, 0.3) is 0 Å². The molecule has 0 amide bonds. The number of alkyl halides is 2. The predicted octanol–water partition coefficient (Wildman–Crippen LogP) is 2.46. The van der Waals surface area contributed by atoms with Crippen molar-refractivity contribution in [2.24, 2.45) is 0 Å². The maximum atomic E-state index is 12.4. The number of carbonyl (C=O) groups excluding carboxylic acids is 1. The number of halogens is 3. The fourth-order valence-electron chi connectivity index (χ4n) is 0.905. The maximum Gasteiger partial charge on any atom is 0.339 e. The molecule has 0 spiro atoms. The minimum absolute atomic E-state index is 0.0899. The topological polar surface area (TPSA) is 39.2 Å². The fourth-order valence-corrected chi connectivity index (χ4v) is 1.07. The van der Waals surface area contributed by atoms with E-state index in [1.807, 2.05) is 0 Å². The van der Waals surface area contributed by atoms with E-state index >= 15 is 0 Å². The van der Waals surface area contributed by atoms with Crippen LogP contribution < -0.4 is 0 Å². The largest absolute Gasteiger partial charge is 0.465 e. The molecule has 0 aliphatic rings. The van der Waals surface area contributed by atoms with Crippen molar-refractivity contribution in [3.63, 3.8) is 0 Å². The first kappa shape index (κ1) is 10.8. The van der Waals surface area contributed by atoms with Gasteiger partial charge in [0, 0.05) is 11.8 Å². The molecule has 0 aromatic carbocycles. The first-order valence-corrected chi connectivity index (χ1v) is 3.96. The van der Waals surface area contributed by atoms with Crippen LogP contribution in [0.15, 0.2) is 12.3 Å². The van der Waals surface area contributed by atoms with E-state index in [2.05, 4.69) is 9.72 Å². The SMILES string of the molecule is COC(=O)c1cnc(Cl)cc1C(F)F. The van der Waals surface area contributed by atoms with Gasteiger partial charge in [-0.2, -0.15) is 0 Å². The molecule has 1 heterocycles. The van der Waals surface area contributed by atoms with E-state index in [1.54, 1.807) is 0 Å². The highest BCUT2D eigenvalue weighted by Gasteiger charge is 2.19. The summed E-state index contributed by atoms with van der Waals surface area (Å²) in [5.74, 6) is -0.857. The molecule has 0 unspecified atom stereocenters. The first-order valence-electron chi connectivity index (χ1n) is 3.58. The van der Waals surface area contributed by atoms with Crippen LogP contribution in [0.2, 0.25) is 5.15 Å². The summed E-state index contributed by atoms with van der Waals surface area (Å²) in [7, 11) is 1.10. The Morgan fingerprint density at radius 1 is 1.64 bits per heavy atom. The number of aromatic nitrogens is 1. The van der Waals surface area contributed by atoms with E-state index in [1.165, 1.54) is 0 Å². The summed E-state index contributed by atoms with van der Waals surface area (Å²) >= 11 is 5.41. The lowest BCUT2D eigenvalue weighted by Gasteiger charge is -2.06. The smallest absolute Gasteiger partial charge is 0.339 e. The van der Waals surface area contributed by atoms with Crippen molar-refractivity contribution >= 4 is 17.6 Å². The Hall–Kier alpha value is -1.23. The number of nitrogens with zero attached hydrogens (tertiary/aromatic N) is 1. The molecule has 14 heavy (non-hydrogen) atoms. The third-order valence-corrected chi connectivity index (χ3v) is 1.75. The normalized spacial score (nSPS) is 10.4. The van der Waals surface area contributed by atoms with Crippen molar-refractivity contribution in [1.82, 2.24) is 4.98 Å². The highest BCUT2D eigenvalue weighted by Crippen LogP contribution is 2.25. The van der Waals surface area contributed by atoms with Crippen molar-refractivity contribution < 1.29 is 18.3 Å². The van der Waals surface area contributed by atoms with Crippen molar-refractivity contribution in [3.8, 4) is 0 Å². The highest BCUT2D eigenvalue weighted by atomic mass is 35.5. The lowest BCUT2D eigenvalue weighted by molar-refractivity contribution is 0.0588. The maximum absolute atomic E-state index is 12.4. The van der Waals surface area contributed by atoms with Crippen molar-refractivity contribution in [2.75, 3.05) is 7.11 Å². The molecule has 3 nitrogen and oxygen atoms in total. The van der Waals surface area contributed by atoms with E-state index in [9.17, 15) is 13.6 Å². The zero-order valence-corrected chi connectivity index (χ0v) is 7.89. The van der Waals surface area contributed by atoms with Gasteiger partial charge in [-0.05, 0) is 6.07 Å². The molecule has 0 saturated heterocycles. The Balaban J connectivity index is 3.21. The van der Waals surface area contributed by atoms with E-state index in [0.29, 0.717) is 0 Å². The molecule has 1 aromatic heterocycles. The second-order valence-electron chi connectivity index (χ2n) is 2.39. The van der Waals surface area contributed by atoms with Crippen LogP contribution in [-0.2, 0) is 4.74 Å². The lowest BCUT2D eigenvalue weighted by atomic mass is 10.1. The fraction of sp³-hybridized carbons (Fsp3) is 0.250. The number of pyridine rings is 1. The van der Waals surface area contributed by atoms with Crippen molar-refractivity contribution in [3.05, 3.63) is 28.5 Å². The minimum atomic E-state index is -2.79. The van der Waals surface area contributed by atoms with Gasteiger partial charge in [-0.15, -0.1) is 0 Å². The zero-order valence-electron chi connectivity index (χ0n) is 7.13. The Bertz CT molecular complexity index is 357. The number of hydrogen-bond donors (Lipinski definition) is 0. The first-order chi connectivity index (χ1) is 6.56. The van der Waals surface area contributed by atoms with E-state index in [0.717, 1.165) is 19.4 Å². The number of hydrogen-bond acceptors (Lipinski definition) is 3. The standard InChI is InChI=1S/C8H6ClF2NO2/c1-14-8(13)5-3-12-6(9)2-4(5)7(10)11/h2-3,7H,1H3. The average molecular weight is 222 g/mol. The van der Waals surface area contributed by atoms with E-state index in [4.69, 9.17) is 11.6 Å². The monoisotopic (exact) mass is 221 g/mol. The third-order valence-electron chi connectivity index (χ3n) is 1.54. The van der Waals surface area contributed by atoms with Gasteiger partial charge >= 0.3 is 5.97 Å². The van der Waals surface area contributed by atoms with Crippen LogP contribution >= 0.6 is 11.6 Å². The van der Waals surface area contributed by atoms with Crippen LogP contribution in [0.1, 0.15) is 22.3 Å². The van der Waals surface area contributed by atoms with Crippen LogP contribution in [0.3, 0.4) is 0 Å². The summed E-state index contributed by atoms with van der Waals surface area (Å²) in [5, 5.41) is -0.0899. The molecule has 0 atom stereocenters. The summed E-state index contributed by atoms with van der Waals surface area (Å²) < 4.78 is 29.1. The molecule has 1 aromatic rings. The second kappa shape index (κ2) is 4.32. The molecule has 0 bridgehead atoms. The minimum Gasteiger partial charge on any atom is -0.465 e. The van der Waals surface area contributed by atoms with Gasteiger partial charge in [-0.25, -0.2) is 18.6 Å². The molecular weight excluding hydrogens is 216 g/mol. The van der Waals surface area contributed by atoms with Crippen molar-refractivity contribution in [2.45, 2.75) is 6.43 Å². The molecule has 0 radical (unpaired) electrons. The molecular formula is C8H6ClF2NO2. The van der Waals surface area contributed by atoms with Gasteiger partial charge in [0.2, 0.25) is 0 Å². The summed E-state index contributed by atoms with van der Waals surface area (Å²) in [4.78, 5) is 14.5. The Labute approximate surface area is 83.7 Å². The van der Waals surface area contributed by atoms with Crippen LogP contribution in [0.5, 0.6) is 0 Å². The zero-order chi connectivity index (χ0) is 10.7. The van der Waals surface area contributed by atoms with Gasteiger partial charge in [0.1, 0.15) is 5.15 Å². The third kappa shape index (κ3) is 2.17. The molecule has 0 aliphatic carbocycles. The number of esters is 1. The van der Waals surface area contributed by atoms with Crippen LogP contribution in [0, 0.1) is 0 Å². The molecule has 76 valence electrons. The summed E-state index contributed by atoms with van der Waals surface area (Å²) in [5.41, 5.74) is -0.747. The number of methoxy groups -OCH3 is 1. The second-order valence-corrected chi connectivity index (χ2v) is 2.77. The number of rotatable bonds is 2. The number of ether oxygens (including phenoxy) is 1. The van der Waals surface area contributed by atoms with Gasteiger partial charge < -0.3 is 4.74 Å². The van der Waals surface area contributed by atoms with Gasteiger partial charge in [0.05, 0.1) is 12.7 Å². The van der Waals surface area contributed by atoms with E-state index in [-0.39, 0.29) is 10.7 Å². The Kier molecular flexibility index (Phi) is 3.35. The lowest BCUT2D eigenvalue weighted by Crippen LogP contribution is -2.06. The Morgan fingerprint density at radius 3 is 2.79 bits per heavy atom. The molecule has 1 rings (SSSR count). The van der Waals surface area contributed by atoms with Gasteiger partial charge in [0.25, 0.3) is 6.43 Å². The van der Waals surface area contributed by atoms with E-state index < -0.39 is 18.0 Å². The molecule has 0 saturated carbocycles. The predicted molar refractivity (Wildman–Crippen MR) is 45.5 cm³/mol. The quantitative estimate of drug-likeness (QED) is 0.569. The summed E-state index contributed by atoms with van der Waals surface area (Å²) in [6.45, 7) is 0. The van der Waals surface area contributed by atoms with Gasteiger partial charge in [0.15, 0.2) is 0 Å². The summed E-state index contributed by atoms with van der Waals surface area (Å²) in [6, 6.07) is 0.943. The molecule has 0 N–H and O–H groups in total. The molecule has 6 heteroatoms. The summed E-state index contributed by atoms with van der Waals surface area (Å²) in [6.07, 6.45) is -1.82. The van der Waals surface area contributed by atoms with Crippen molar-refractivity contribution in [1.29, 1.82) is 0 Å². The number of carbonyl (C=O) groups is 1. The molecule has 0 aliphatic heterocycles. The van der Waals surface area contributed by atoms with Crippen LogP contribution in [0.4, 0.5) is 8.78 Å². The molecule has 0 fully saturated rings. The Morgan fingerprint density at radius 2 is 2.29 bits per heavy atom. The van der Waals surface area contributed by atoms with Gasteiger partial charge in [-0.1, -0.05) is 11.6 Å². The van der Waals surface area contributed by atoms with Gasteiger partial charge in [-0.3, -0.25) is 0 Å². The highest BCUT2D eigenvalue weighted by molar-refractivity contribution is 6.29.